The molecule has 9 heteroatoms. The Bertz CT molecular complexity index is 997. The number of halogens is 1. The first kappa shape index (κ1) is 19.2. The van der Waals surface area contributed by atoms with Gasteiger partial charge in [-0.25, -0.2) is 4.98 Å². The average Bonchev–Trinajstić information content (AvgIpc) is 3.25. The second-order valence-corrected chi connectivity index (χ2v) is 7.88. The Hall–Kier alpha value is -2.52. The number of carbonyl (C=O) groups is 2. The average molecular weight is 448 g/mol. The molecule has 3 aromatic rings. The van der Waals surface area contributed by atoms with Crippen molar-refractivity contribution in [2.45, 2.75) is 6.92 Å². The largest absolute Gasteiger partial charge is 0.331 e. The van der Waals surface area contributed by atoms with Crippen molar-refractivity contribution in [3.05, 3.63) is 51.7 Å². The van der Waals surface area contributed by atoms with Crippen LogP contribution in [0.15, 0.2) is 40.4 Å². The van der Waals surface area contributed by atoms with Gasteiger partial charge in [-0.15, -0.1) is 11.3 Å². The van der Waals surface area contributed by atoms with Gasteiger partial charge in [-0.05, 0) is 30.7 Å². The van der Waals surface area contributed by atoms with Crippen molar-refractivity contribution in [3.63, 3.8) is 0 Å². The minimum absolute atomic E-state index is 0.0614. The number of hydrogen-bond acceptors (Lipinski definition) is 5. The van der Waals surface area contributed by atoms with Gasteiger partial charge in [-0.3, -0.25) is 14.3 Å². The van der Waals surface area contributed by atoms with Gasteiger partial charge in [0.2, 0.25) is 5.91 Å². The van der Waals surface area contributed by atoms with E-state index in [-0.39, 0.29) is 18.4 Å². The van der Waals surface area contributed by atoms with Gasteiger partial charge in [-0.1, -0.05) is 15.9 Å². The van der Waals surface area contributed by atoms with Crippen LogP contribution in [0.3, 0.4) is 0 Å². The van der Waals surface area contributed by atoms with E-state index in [1.54, 1.807) is 23.3 Å². The van der Waals surface area contributed by atoms with Crippen molar-refractivity contribution in [1.82, 2.24) is 19.7 Å². The number of rotatable bonds is 5. The topological polar surface area (TPSA) is 80.1 Å². The van der Waals surface area contributed by atoms with Gasteiger partial charge in [0.15, 0.2) is 0 Å². The number of carbonyl (C=O) groups excluding carboxylic acids is 2. The summed E-state index contributed by atoms with van der Waals surface area (Å²) in [4.78, 5) is 30.6. The second-order valence-electron chi connectivity index (χ2n) is 6.11. The highest BCUT2D eigenvalue weighted by Crippen LogP contribution is 2.23. The van der Waals surface area contributed by atoms with Crippen LogP contribution in [-0.2, 0) is 11.8 Å². The Kier molecular flexibility index (Phi) is 5.71. The quantitative estimate of drug-likeness (QED) is 0.650. The minimum atomic E-state index is -0.302. The normalized spacial score (nSPS) is 10.7. The zero-order valence-electron chi connectivity index (χ0n) is 15.1. The van der Waals surface area contributed by atoms with Crippen LogP contribution in [0.5, 0.6) is 0 Å². The van der Waals surface area contributed by atoms with Gasteiger partial charge >= 0.3 is 0 Å². The monoisotopic (exact) mass is 447 g/mol. The molecule has 0 unspecified atom stereocenters. The van der Waals surface area contributed by atoms with E-state index < -0.39 is 0 Å². The first-order chi connectivity index (χ1) is 12.8. The number of benzene rings is 1. The minimum Gasteiger partial charge on any atom is -0.331 e. The molecule has 0 bridgehead atoms. The summed E-state index contributed by atoms with van der Waals surface area (Å²) < 4.78 is 2.62. The standard InChI is InChI=1S/C18H18BrN5O2S/c1-11-6-13(19)4-5-14(11)21-16(25)9-23(2)18(26)15-10-27-17(22-15)12-7-20-24(3)8-12/h4-8,10H,9H2,1-3H3,(H,21,25). The Morgan fingerprint density at radius 2 is 2.15 bits per heavy atom. The first-order valence-corrected chi connectivity index (χ1v) is 9.77. The molecule has 1 aromatic carbocycles. The van der Waals surface area contributed by atoms with Gasteiger partial charge in [0, 0.05) is 41.4 Å². The summed E-state index contributed by atoms with van der Waals surface area (Å²) in [6, 6.07) is 5.59. The van der Waals surface area contributed by atoms with Crippen LogP contribution < -0.4 is 5.32 Å². The molecule has 0 atom stereocenters. The molecule has 3 rings (SSSR count). The Morgan fingerprint density at radius 1 is 1.37 bits per heavy atom. The van der Waals surface area contributed by atoms with Crippen LogP contribution >= 0.6 is 27.3 Å². The van der Waals surface area contributed by atoms with E-state index in [4.69, 9.17) is 0 Å². The van der Waals surface area contributed by atoms with Crippen molar-refractivity contribution in [1.29, 1.82) is 0 Å². The Labute approximate surface area is 169 Å². The third-order valence-electron chi connectivity index (χ3n) is 3.87. The highest BCUT2D eigenvalue weighted by Gasteiger charge is 2.19. The van der Waals surface area contributed by atoms with E-state index in [2.05, 4.69) is 31.3 Å². The molecule has 140 valence electrons. The number of thiazole rings is 1. The number of amides is 2. The molecule has 7 nitrogen and oxygen atoms in total. The van der Waals surface area contributed by atoms with Crippen LogP contribution in [0.4, 0.5) is 5.69 Å². The van der Waals surface area contributed by atoms with E-state index in [1.165, 1.54) is 16.2 Å². The molecule has 2 aromatic heterocycles. The molecule has 27 heavy (non-hydrogen) atoms. The van der Waals surface area contributed by atoms with Crippen molar-refractivity contribution in [2.75, 3.05) is 18.9 Å². The molecule has 0 aliphatic heterocycles. The third kappa shape index (κ3) is 4.61. The highest BCUT2D eigenvalue weighted by atomic mass is 79.9. The molecular weight excluding hydrogens is 430 g/mol. The molecule has 0 radical (unpaired) electrons. The van der Waals surface area contributed by atoms with Crippen LogP contribution in [0.2, 0.25) is 0 Å². The number of nitrogens with one attached hydrogen (secondary N) is 1. The first-order valence-electron chi connectivity index (χ1n) is 8.09. The number of anilines is 1. The highest BCUT2D eigenvalue weighted by molar-refractivity contribution is 9.10. The van der Waals surface area contributed by atoms with Gasteiger partial charge in [0.05, 0.1) is 12.7 Å². The molecular formula is C18H18BrN5O2S. The summed E-state index contributed by atoms with van der Waals surface area (Å²) in [5, 5.41) is 9.34. The maximum absolute atomic E-state index is 12.6. The predicted molar refractivity (Wildman–Crippen MR) is 109 cm³/mol. The zero-order chi connectivity index (χ0) is 19.6. The number of nitrogens with zero attached hydrogens (tertiary/aromatic N) is 4. The van der Waals surface area contributed by atoms with Crippen LogP contribution in [0, 0.1) is 6.92 Å². The van der Waals surface area contributed by atoms with E-state index in [0.29, 0.717) is 5.69 Å². The van der Waals surface area contributed by atoms with Crippen molar-refractivity contribution in [2.24, 2.45) is 7.05 Å². The van der Waals surface area contributed by atoms with Gasteiger partial charge in [0.25, 0.3) is 5.91 Å². The lowest BCUT2D eigenvalue weighted by Crippen LogP contribution is -2.35. The maximum Gasteiger partial charge on any atom is 0.273 e. The van der Waals surface area contributed by atoms with Gasteiger partial charge in [0.1, 0.15) is 10.7 Å². The fourth-order valence-corrected chi connectivity index (χ4v) is 3.72. The summed E-state index contributed by atoms with van der Waals surface area (Å²) in [7, 11) is 3.40. The molecule has 0 spiro atoms. The molecule has 0 aliphatic carbocycles. The SMILES string of the molecule is Cc1cc(Br)ccc1NC(=O)CN(C)C(=O)c1csc(-c2cnn(C)c2)n1. The summed E-state index contributed by atoms with van der Waals surface area (Å²) in [6.45, 7) is 1.85. The molecule has 2 amide bonds. The lowest BCUT2D eigenvalue weighted by Gasteiger charge is -2.16. The van der Waals surface area contributed by atoms with Crippen LogP contribution in [0.1, 0.15) is 16.1 Å². The van der Waals surface area contributed by atoms with Crippen LogP contribution in [-0.4, -0.2) is 45.1 Å². The molecule has 0 saturated carbocycles. The fraction of sp³-hybridized carbons (Fsp3) is 0.222. The van der Waals surface area contributed by atoms with E-state index >= 15 is 0 Å². The van der Waals surface area contributed by atoms with Crippen molar-refractivity contribution < 1.29 is 9.59 Å². The maximum atomic E-state index is 12.6. The molecule has 0 saturated heterocycles. The zero-order valence-corrected chi connectivity index (χ0v) is 17.5. The molecule has 0 fully saturated rings. The number of aromatic nitrogens is 3. The summed E-state index contributed by atoms with van der Waals surface area (Å²) >= 11 is 4.76. The smallest absolute Gasteiger partial charge is 0.273 e. The molecule has 0 aliphatic rings. The third-order valence-corrected chi connectivity index (χ3v) is 5.25. The molecule has 2 heterocycles. The van der Waals surface area contributed by atoms with Crippen LogP contribution in [0.25, 0.3) is 10.6 Å². The van der Waals surface area contributed by atoms with Crippen molar-refractivity contribution >= 4 is 44.8 Å². The van der Waals surface area contributed by atoms with Gasteiger partial charge < -0.3 is 10.2 Å². The summed E-state index contributed by atoms with van der Waals surface area (Å²) in [5.74, 6) is -0.567. The Morgan fingerprint density at radius 3 is 2.81 bits per heavy atom. The molecule has 1 N–H and O–H groups in total. The fourth-order valence-electron chi connectivity index (χ4n) is 2.48. The Balaban J connectivity index is 1.63. The summed E-state index contributed by atoms with van der Waals surface area (Å²) in [6.07, 6.45) is 3.54. The second kappa shape index (κ2) is 8.01. The summed E-state index contributed by atoms with van der Waals surface area (Å²) in [5.41, 5.74) is 2.82. The lowest BCUT2D eigenvalue weighted by molar-refractivity contribution is -0.116. The number of hydrogen-bond donors (Lipinski definition) is 1. The predicted octanol–water partition coefficient (Wildman–Crippen LogP) is 3.33. The van der Waals surface area contributed by atoms with E-state index in [0.717, 1.165) is 26.3 Å². The number of likely N-dealkylation sites (N-methyl/N-ethyl adjacent to an activating group) is 1. The number of aryl methyl sites for hydroxylation is 2. The van der Waals surface area contributed by atoms with E-state index in [1.807, 2.05) is 38.4 Å². The van der Waals surface area contributed by atoms with Crippen molar-refractivity contribution in [3.8, 4) is 10.6 Å². The van der Waals surface area contributed by atoms with E-state index in [9.17, 15) is 9.59 Å². The van der Waals surface area contributed by atoms with Gasteiger partial charge in [-0.2, -0.15) is 5.10 Å². The lowest BCUT2D eigenvalue weighted by atomic mass is 10.2.